The van der Waals surface area contributed by atoms with Crippen LogP contribution >= 0.6 is 0 Å². The summed E-state index contributed by atoms with van der Waals surface area (Å²) in [6.45, 7) is 5.37. The number of carbonyl (C=O) groups is 1. The second-order valence-electron chi connectivity index (χ2n) is 5.45. The van der Waals surface area contributed by atoms with E-state index in [0.29, 0.717) is 12.5 Å². The van der Waals surface area contributed by atoms with E-state index in [-0.39, 0.29) is 5.91 Å². The first-order valence-corrected chi connectivity index (χ1v) is 7.14. The fraction of sp³-hybridized carbons (Fsp3) is 0.353. The standard InChI is InChI=1S/C17H22N2O/c1-13(2)9-10-18-17(20)12-19-16-8-7-14-5-3-4-6-15(14)11-16/h3-8,11,13,19H,9-10,12H2,1-2H3,(H,18,20). The lowest BCUT2D eigenvalue weighted by Gasteiger charge is -2.09. The number of fused-ring (bicyclic) bond motifs is 1. The number of rotatable bonds is 6. The highest BCUT2D eigenvalue weighted by molar-refractivity contribution is 5.87. The molecular formula is C17H22N2O. The fourth-order valence-electron chi connectivity index (χ4n) is 2.04. The molecule has 0 fully saturated rings. The van der Waals surface area contributed by atoms with Crippen molar-refractivity contribution in [2.45, 2.75) is 20.3 Å². The Morgan fingerprint density at radius 3 is 2.60 bits per heavy atom. The van der Waals surface area contributed by atoms with Crippen molar-refractivity contribution in [2.75, 3.05) is 18.4 Å². The summed E-state index contributed by atoms with van der Waals surface area (Å²) in [7, 11) is 0. The third-order valence-electron chi connectivity index (χ3n) is 3.25. The summed E-state index contributed by atoms with van der Waals surface area (Å²) in [5.74, 6) is 0.655. The van der Waals surface area contributed by atoms with Crippen LogP contribution in [0.1, 0.15) is 20.3 Å². The van der Waals surface area contributed by atoms with Crippen molar-refractivity contribution in [1.29, 1.82) is 0 Å². The predicted molar refractivity (Wildman–Crippen MR) is 84.9 cm³/mol. The molecule has 0 aromatic heterocycles. The quantitative estimate of drug-likeness (QED) is 0.844. The Morgan fingerprint density at radius 2 is 1.85 bits per heavy atom. The average molecular weight is 270 g/mol. The summed E-state index contributed by atoms with van der Waals surface area (Å²) in [6, 6.07) is 14.3. The molecule has 2 N–H and O–H groups in total. The monoisotopic (exact) mass is 270 g/mol. The topological polar surface area (TPSA) is 41.1 Å². The van der Waals surface area contributed by atoms with E-state index in [1.54, 1.807) is 0 Å². The Labute approximate surface area is 120 Å². The number of hydrogen-bond acceptors (Lipinski definition) is 2. The molecule has 0 atom stereocenters. The van der Waals surface area contributed by atoms with Crippen molar-refractivity contribution >= 4 is 22.4 Å². The fourth-order valence-corrected chi connectivity index (χ4v) is 2.04. The summed E-state index contributed by atoms with van der Waals surface area (Å²) in [6.07, 6.45) is 1.02. The Kier molecular flexibility index (Phi) is 4.99. The van der Waals surface area contributed by atoms with Gasteiger partial charge in [0.05, 0.1) is 6.54 Å². The zero-order valence-corrected chi connectivity index (χ0v) is 12.1. The van der Waals surface area contributed by atoms with Gasteiger partial charge in [-0.3, -0.25) is 4.79 Å². The minimum atomic E-state index is 0.0406. The lowest BCUT2D eigenvalue weighted by Crippen LogP contribution is -2.31. The maximum absolute atomic E-state index is 11.7. The molecule has 0 bridgehead atoms. The molecule has 0 spiro atoms. The second kappa shape index (κ2) is 6.94. The number of anilines is 1. The van der Waals surface area contributed by atoms with E-state index in [0.717, 1.165) is 18.7 Å². The Balaban J connectivity index is 1.84. The molecule has 0 aliphatic carbocycles. The van der Waals surface area contributed by atoms with Crippen molar-refractivity contribution in [1.82, 2.24) is 5.32 Å². The largest absolute Gasteiger partial charge is 0.376 e. The predicted octanol–water partition coefficient (Wildman–Crippen LogP) is 3.41. The molecule has 20 heavy (non-hydrogen) atoms. The number of amides is 1. The van der Waals surface area contributed by atoms with Crippen molar-refractivity contribution in [3.63, 3.8) is 0 Å². The number of benzene rings is 2. The van der Waals surface area contributed by atoms with Crippen molar-refractivity contribution in [2.24, 2.45) is 5.92 Å². The molecule has 0 saturated carbocycles. The Morgan fingerprint density at radius 1 is 1.10 bits per heavy atom. The molecule has 1 amide bonds. The third kappa shape index (κ3) is 4.26. The summed E-state index contributed by atoms with van der Waals surface area (Å²) >= 11 is 0. The van der Waals surface area contributed by atoms with Gasteiger partial charge in [0.15, 0.2) is 0 Å². The summed E-state index contributed by atoms with van der Waals surface area (Å²) < 4.78 is 0. The zero-order chi connectivity index (χ0) is 14.4. The molecule has 3 nitrogen and oxygen atoms in total. The van der Waals surface area contributed by atoms with Gasteiger partial charge in [0.25, 0.3) is 0 Å². The highest BCUT2D eigenvalue weighted by atomic mass is 16.1. The van der Waals surface area contributed by atoms with Gasteiger partial charge in [0.1, 0.15) is 0 Å². The number of carbonyl (C=O) groups excluding carboxylic acids is 1. The van der Waals surface area contributed by atoms with E-state index in [1.165, 1.54) is 10.8 Å². The van der Waals surface area contributed by atoms with E-state index in [2.05, 4.69) is 48.7 Å². The molecule has 106 valence electrons. The van der Waals surface area contributed by atoms with Crippen LogP contribution in [0.4, 0.5) is 5.69 Å². The lowest BCUT2D eigenvalue weighted by molar-refractivity contribution is -0.119. The molecule has 0 aliphatic rings. The molecule has 0 saturated heterocycles. The molecule has 3 heteroatoms. The molecule has 0 radical (unpaired) electrons. The van der Waals surface area contributed by atoms with Crippen LogP contribution in [0.25, 0.3) is 10.8 Å². The second-order valence-corrected chi connectivity index (χ2v) is 5.45. The SMILES string of the molecule is CC(C)CCNC(=O)CNc1ccc2ccccc2c1. The number of nitrogens with one attached hydrogen (secondary N) is 2. The van der Waals surface area contributed by atoms with Crippen LogP contribution in [0.3, 0.4) is 0 Å². The molecular weight excluding hydrogens is 248 g/mol. The zero-order valence-electron chi connectivity index (χ0n) is 12.1. The molecule has 2 aromatic carbocycles. The van der Waals surface area contributed by atoms with Crippen LogP contribution in [0.2, 0.25) is 0 Å². The van der Waals surface area contributed by atoms with Crippen molar-refractivity contribution in [3.05, 3.63) is 42.5 Å². The highest BCUT2D eigenvalue weighted by Crippen LogP contribution is 2.18. The van der Waals surface area contributed by atoms with Gasteiger partial charge in [-0.25, -0.2) is 0 Å². The Bertz CT molecular complexity index is 578. The van der Waals surface area contributed by atoms with Crippen LogP contribution in [0.15, 0.2) is 42.5 Å². The molecule has 0 unspecified atom stereocenters. The van der Waals surface area contributed by atoms with Gasteiger partial charge in [0.2, 0.25) is 5.91 Å². The van der Waals surface area contributed by atoms with Crippen LogP contribution in [0.5, 0.6) is 0 Å². The lowest BCUT2D eigenvalue weighted by atomic mass is 10.1. The Hall–Kier alpha value is -2.03. The van der Waals surface area contributed by atoms with E-state index in [1.807, 2.05) is 18.2 Å². The summed E-state index contributed by atoms with van der Waals surface area (Å²) in [5, 5.41) is 8.47. The minimum absolute atomic E-state index is 0.0406. The molecule has 2 aromatic rings. The first kappa shape index (κ1) is 14.4. The summed E-state index contributed by atoms with van der Waals surface area (Å²) in [5.41, 5.74) is 0.975. The smallest absolute Gasteiger partial charge is 0.239 e. The normalized spacial score (nSPS) is 10.8. The van der Waals surface area contributed by atoms with Crippen LogP contribution in [-0.4, -0.2) is 19.0 Å². The van der Waals surface area contributed by atoms with Crippen LogP contribution in [-0.2, 0) is 4.79 Å². The maximum atomic E-state index is 11.7. The van der Waals surface area contributed by atoms with Gasteiger partial charge in [-0.1, -0.05) is 44.2 Å². The molecule has 0 aliphatic heterocycles. The van der Waals surface area contributed by atoms with E-state index in [4.69, 9.17) is 0 Å². The number of hydrogen-bond donors (Lipinski definition) is 2. The first-order valence-electron chi connectivity index (χ1n) is 7.14. The average Bonchev–Trinajstić information content (AvgIpc) is 2.44. The maximum Gasteiger partial charge on any atom is 0.239 e. The highest BCUT2D eigenvalue weighted by Gasteiger charge is 2.02. The minimum Gasteiger partial charge on any atom is -0.376 e. The van der Waals surface area contributed by atoms with Gasteiger partial charge < -0.3 is 10.6 Å². The van der Waals surface area contributed by atoms with Gasteiger partial charge in [0, 0.05) is 12.2 Å². The van der Waals surface area contributed by atoms with Crippen molar-refractivity contribution < 1.29 is 4.79 Å². The van der Waals surface area contributed by atoms with Gasteiger partial charge in [-0.05, 0) is 35.2 Å². The van der Waals surface area contributed by atoms with Crippen LogP contribution in [0, 0.1) is 5.92 Å². The van der Waals surface area contributed by atoms with E-state index < -0.39 is 0 Å². The molecule has 0 heterocycles. The third-order valence-corrected chi connectivity index (χ3v) is 3.25. The van der Waals surface area contributed by atoms with E-state index >= 15 is 0 Å². The van der Waals surface area contributed by atoms with Crippen molar-refractivity contribution in [3.8, 4) is 0 Å². The van der Waals surface area contributed by atoms with Gasteiger partial charge >= 0.3 is 0 Å². The first-order chi connectivity index (χ1) is 9.65. The van der Waals surface area contributed by atoms with E-state index in [9.17, 15) is 4.79 Å². The summed E-state index contributed by atoms with van der Waals surface area (Å²) in [4.78, 5) is 11.7. The van der Waals surface area contributed by atoms with Gasteiger partial charge in [-0.2, -0.15) is 0 Å². The van der Waals surface area contributed by atoms with Crippen LogP contribution < -0.4 is 10.6 Å². The van der Waals surface area contributed by atoms with Gasteiger partial charge in [-0.15, -0.1) is 0 Å². The molecule has 2 rings (SSSR count).